The molecule has 1 aliphatic rings. The predicted octanol–water partition coefficient (Wildman–Crippen LogP) is 5.70. The molecule has 0 radical (unpaired) electrons. The zero-order valence-electron chi connectivity index (χ0n) is 22.8. The molecule has 0 saturated heterocycles. The predicted molar refractivity (Wildman–Crippen MR) is 146 cm³/mol. The molecule has 8 nitrogen and oxygen atoms in total. The average molecular weight is 556 g/mol. The quantitative estimate of drug-likeness (QED) is 0.361. The van der Waals surface area contributed by atoms with Gasteiger partial charge in [0.15, 0.2) is 5.03 Å². The van der Waals surface area contributed by atoms with Gasteiger partial charge in [0.1, 0.15) is 23.2 Å². The number of sulfonamides is 1. The summed E-state index contributed by atoms with van der Waals surface area (Å²) < 4.78 is 54.3. The minimum atomic E-state index is -4.24. The van der Waals surface area contributed by atoms with Gasteiger partial charge in [0.2, 0.25) is 5.88 Å². The molecule has 3 aromatic rings. The minimum Gasteiger partial charge on any atom is -0.493 e. The van der Waals surface area contributed by atoms with Crippen LogP contribution in [-0.4, -0.2) is 37.0 Å². The van der Waals surface area contributed by atoms with E-state index < -0.39 is 21.7 Å². The zero-order chi connectivity index (χ0) is 28.4. The molecule has 1 fully saturated rings. The number of hydrogen-bond donors (Lipinski definition) is 1. The molecule has 1 amide bonds. The van der Waals surface area contributed by atoms with Crippen molar-refractivity contribution in [1.82, 2.24) is 14.7 Å². The topological polar surface area (TPSA) is 107 Å². The lowest BCUT2D eigenvalue weighted by Gasteiger charge is -2.28. The standard InChI is InChI=1S/C29H34FN3O5S/c1-18(2)17-37-22-15-20(14-21(30)16-22)24-12-11-23(28(32-24)38-25-9-7-13-29(25,4)5)27(34)33-39(35,36)26-10-6-8-19(3)31-26/h6,8,10-12,14-16,18,25H,7,9,13,17H2,1-5H3,(H,33,34). The third kappa shape index (κ3) is 6.92. The second kappa shape index (κ2) is 11.3. The molecule has 10 heteroatoms. The Balaban J connectivity index is 1.71. The summed E-state index contributed by atoms with van der Waals surface area (Å²) in [4.78, 5) is 21.8. The number of benzene rings is 1. The van der Waals surface area contributed by atoms with Gasteiger partial charge in [-0.05, 0) is 68.5 Å². The third-order valence-corrected chi connectivity index (χ3v) is 7.87. The van der Waals surface area contributed by atoms with E-state index in [1.807, 2.05) is 13.8 Å². The highest BCUT2D eigenvalue weighted by Crippen LogP contribution is 2.40. The first-order chi connectivity index (χ1) is 18.3. The fraction of sp³-hybridized carbons (Fsp3) is 0.414. The molecule has 208 valence electrons. The lowest BCUT2D eigenvalue weighted by atomic mass is 9.89. The van der Waals surface area contributed by atoms with Crippen LogP contribution in [0.15, 0.2) is 53.6 Å². The summed E-state index contributed by atoms with van der Waals surface area (Å²) in [5.74, 6) is -0.798. The smallest absolute Gasteiger partial charge is 0.281 e. The van der Waals surface area contributed by atoms with E-state index in [1.165, 1.54) is 30.3 Å². The van der Waals surface area contributed by atoms with E-state index in [0.717, 1.165) is 19.3 Å². The van der Waals surface area contributed by atoms with Gasteiger partial charge in [0.05, 0.1) is 12.3 Å². The Morgan fingerprint density at radius 2 is 1.92 bits per heavy atom. The summed E-state index contributed by atoms with van der Waals surface area (Å²) in [7, 11) is -4.24. The third-order valence-electron chi connectivity index (χ3n) is 6.63. The number of nitrogens with one attached hydrogen (secondary N) is 1. The number of pyridine rings is 2. The fourth-order valence-corrected chi connectivity index (χ4v) is 5.45. The maximum absolute atomic E-state index is 14.5. The summed E-state index contributed by atoms with van der Waals surface area (Å²) in [5.41, 5.74) is 1.07. The van der Waals surface area contributed by atoms with E-state index in [4.69, 9.17) is 9.47 Å². The van der Waals surface area contributed by atoms with Crippen molar-refractivity contribution in [3.63, 3.8) is 0 Å². The first-order valence-electron chi connectivity index (χ1n) is 13.0. The molecule has 2 aromatic heterocycles. The molecule has 2 heterocycles. The number of amides is 1. The van der Waals surface area contributed by atoms with Crippen LogP contribution in [-0.2, 0) is 10.0 Å². The Hall–Kier alpha value is -3.53. The molecular formula is C29H34FN3O5S. The van der Waals surface area contributed by atoms with Crippen LogP contribution in [0.2, 0.25) is 0 Å². The number of aryl methyl sites for hydroxylation is 1. The Morgan fingerprint density at radius 3 is 2.59 bits per heavy atom. The van der Waals surface area contributed by atoms with E-state index in [0.29, 0.717) is 29.3 Å². The number of rotatable bonds is 9. The van der Waals surface area contributed by atoms with Crippen LogP contribution in [0.3, 0.4) is 0 Å². The van der Waals surface area contributed by atoms with Gasteiger partial charge < -0.3 is 9.47 Å². The van der Waals surface area contributed by atoms with E-state index in [2.05, 4.69) is 28.5 Å². The van der Waals surface area contributed by atoms with E-state index in [9.17, 15) is 17.6 Å². The Labute approximate surface area is 229 Å². The van der Waals surface area contributed by atoms with Gasteiger partial charge in [-0.15, -0.1) is 0 Å². The van der Waals surface area contributed by atoms with E-state index in [-0.39, 0.29) is 33.9 Å². The van der Waals surface area contributed by atoms with Crippen molar-refractivity contribution in [2.75, 3.05) is 6.61 Å². The summed E-state index contributed by atoms with van der Waals surface area (Å²) in [5, 5.41) is -0.270. The van der Waals surface area contributed by atoms with Crippen molar-refractivity contribution in [1.29, 1.82) is 0 Å². The molecule has 1 aliphatic carbocycles. The molecule has 1 saturated carbocycles. The number of halogens is 1. The average Bonchev–Trinajstić information content (AvgIpc) is 3.19. The van der Waals surface area contributed by atoms with Gasteiger partial charge in [0, 0.05) is 22.7 Å². The Bertz CT molecular complexity index is 1470. The molecule has 1 atom stereocenters. The molecule has 0 aliphatic heterocycles. The summed E-state index contributed by atoms with van der Waals surface area (Å²) in [6.07, 6.45) is 2.41. The first-order valence-corrected chi connectivity index (χ1v) is 14.4. The number of aromatic nitrogens is 2. The number of hydrogen-bond acceptors (Lipinski definition) is 7. The molecule has 0 bridgehead atoms. The van der Waals surface area contributed by atoms with Crippen LogP contribution < -0.4 is 14.2 Å². The van der Waals surface area contributed by atoms with Crippen molar-refractivity contribution < 1.29 is 27.1 Å². The molecule has 1 aromatic carbocycles. The van der Waals surface area contributed by atoms with Crippen molar-refractivity contribution in [2.24, 2.45) is 11.3 Å². The van der Waals surface area contributed by atoms with Crippen LogP contribution in [0.25, 0.3) is 11.3 Å². The van der Waals surface area contributed by atoms with Gasteiger partial charge in [-0.2, -0.15) is 8.42 Å². The molecule has 39 heavy (non-hydrogen) atoms. The van der Waals surface area contributed by atoms with Gasteiger partial charge in [-0.25, -0.2) is 19.1 Å². The fourth-order valence-electron chi connectivity index (χ4n) is 4.47. The van der Waals surface area contributed by atoms with Crippen LogP contribution in [0, 0.1) is 24.1 Å². The molecule has 1 unspecified atom stereocenters. The highest BCUT2D eigenvalue weighted by Gasteiger charge is 2.37. The van der Waals surface area contributed by atoms with E-state index >= 15 is 0 Å². The molecule has 1 N–H and O–H groups in total. The van der Waals surface area contributed by atoms with Crippen LogP contribution >= 0.6 is 0 Å². The van der Waals surface area contributed by atoms with Gasteiger partial charge >= 0.3 is 0 Å². The lowest BCUT2D eigenvalue weighted by molar-refractivity contribution is 0.0898. The summed E-state index contributed by atoms with van der Waals surface area (Å²) in [6, 6.07) is 11.8. The second-order valence-corrected chi connectivity index (χ2v) is 12.6. The molecular weight excluding hydrogens is 521 g/mol. The van der Waals surface area contributed by atoms with Gasteiger partial charge in [-0.1, -0.05) is 33.8 Å². The minimum absolute atomic E-state index is 0.0220. The zero-order valence-corrected chi connectivity index (χ0v) is 23.6. The molecule has 0 spiro atoms. The largest absolute Gasteiger partial charge is 0.493 e. The van der Waals surface area contributed by atoms with Crippen LogP contribution in [0.5, 0.6) is 11.6 Å². The summed E-state index contributed by atoms with van der Waals surface area (Å²) >= 11 is 0. The van der Waals surface area contributed by atoms with Gasteiger partial charge in [0.25, 0.3) is 15.9 Å². The summed E-state index contributed by atoms with van der Waals surface area (Å²) in [6.45, 7) is 10.2. The number of ether oxygens (including phenoxy) is 2. The highest BCUT2D eigenvalue weighted by molar-refractivity contribution is 7.90. The number of carbonyl (C=O) groups excluding carboxylic acids is 1. The van der Waals surface area contributed by atoms with Crippen molar-refractivity contribution in [2.45, 2.75) is 65.0 Å². The van der Waals surface area contributed by atoms with Crippen molar-refractivity contribution >= 4 is 15.9 Å². The van der Waals surface area contributed by atoms with E-state index in [1.54, 1.807) is 25.1 Å². The monoisotopic (exact) mass is 555 g/mol. The van der Waals surface area contributed by atoms with Crippen molar-refractivity contribution in [3.8, 4) is 22.9 Å². The Morgan fingerprint density at radius 1 is 1.15 bits per heavy atom. The van der Waals surface area contributed by atoms with Crippen LogP contribution in [0.1, 0.15) is 63.0 Å². The maximum atomic E-state index is 14.5. The van der Waals surface area contributed by atoms with Crippen molar-refractivity contribution in [3.05, 3.63) is 65.6 Å². The first kappa shape index (κ1) is 28.5. The SMILES string of the molecule is Cc1cccc(S(=O)(=O)NC(=O)c2ccc(-c3cc(F)cc(OCC(C)C)c3)nc2OC2CCCC2(C)C)n1. The van der Waals surface area contributed by atoms with Crippen LogP contribution in [0.4, 0.5) is 4.39 Å². The normalized spacial score (nSPS) is 16.7. The Kier molecular flexibility index (Phi) is 8.25. The van der Waals surface area contributed by atoms with Gasteiger partial charge in [-0.3, -0.25) is 4.79 Å². The second-order valence-electron chi connectivity index (χ2n) is 11.0. The number of nitrogens with zero attached hydrogens (tertiary/aromatic N) is 2. The highest BCUT2D eigenvalue weighted by atomic mass is 32.2. The lowest BCUT2D eigenvalue weighted by Crippen LogP contribution is -2.33. The molecule has 4 rings (SSSR count). The maximum Gasteiger partial charge on any atom is 0.281 e. The number of carbonyl (C=O) groups is 1.